The Labute approximate surface area is 172 Å². The Hall–Kier alpha value is -1.62. The van der Waals surface area contributed by atoms with Gasteiger partial charge in [-0.05, 0) is 0 Å². The fourth-order valence-corrected chi connectivity index (χ4v) is 7.49. The fraction of sp³-hybridized carbons (Fsp3) is 0.368. The second-order valence-corrected chi connectivity index (χ2v) is 10.8. The maximum absolute atomic E-state index is 12.8. The van der Waals surface area contributed by atoms with Crippen molar-refractivity contribution in [1.82, 2.24) is 8.61 Å². The first-order valence-electron chi connectivity index (χ1n) is 8.80. The van der Waals surface area contributed by atoms with Crippen LogP contribution in [0, 0.1) is 6.92 Å². The Bertz CT molecular complexity index is 881. The van der Waals surface area contributed by atoms with Crippen molar-refractivity contribution in [3.8, 4) is 0 Å². The van der Waals surface area contributed by atoms with Gasteiger partial charge in [0.25, 0.3) is 0 Å². The van der Waals surface area contributed by atoms with Gasteiger partial charge in [-0.1, -0.05) is 0 Å². The summed E-state index contributed by atoms with van der Waals surface area (Å²) in [5.74, 6) is -0.899. The minimum atomic E-state index is -1.75. The van der Waals surface area contributed by atoms with Crippen molar-refractivity contribution >= 4 is 53.2 Å². The summed E-state index contributed by atoms with van der Waals surface area (Å²) in [7, 11) is 2.02. The molecule has 2 heterocycles. The van der Waals surface area contributed by atoms with E-state index in [4.69, 9.17) is 0 Å². The summed E-state index contributed by atoms with van der Waals surface area (Å²) >= 11 is -2.33. The molecule has 0 aliphatic carbocycles. The summed E-state index contributed by atoms with van der Waals surface area (Å²) in [4.78, 5) is 27.7. The van der Waals surface area contributed by atoms with Crippen LogP contribution < -0.4 is 8.51 Å². The molecule has 27 heavy (non-hydrogen) atoms. The van der Waals surface area contributed by atoms with Crippen molar-refractivity contribution < 1.29 is 13.8 Å². The van der Waals surface area contributed by atoms with E-state index < -0.39 is 43.9 Å². The summed E-state index contributed by atoms with van der Waals surface area (Å²) in [6, 6.07) is 6.46. The normalized spacial score (nSPS) is 21.4. The van der Waals surface area contributed by atoms with Gasteiger partial charge in [0.15, 0.2) is 0 Å². The molecule has 1 saturated heterocycles. The standard InChI is InChI=1S/C19H23N3O3STe/c1-6-21-18(23)17(19(24)22(7-2)26(21)25)13(4)11-16-20(5)14-10-12(3)8-9-15(14)27-16/h8-11H,6-7H2,1-5H3. The van der Waals surface area contributed by atoms with Crippen LogP contribution in [0.1, 0.15) is 26.3 Å². The second kappa shape index (κ2) is 7.78. The zero-order valence-electron chi connectivity index (χ0n) is 16.1. The van der Waals surface area contributed by atoms with Gasteiger partial charge in [0.05, 0.1) is 0 Å². The van der Waals surface area contributed by atoms with Crippen molar-refractivity contribution in [3.63, 3.8) is 0 Å². The fourth-order valence-electron chi connectivity index (χ4n) is 3.11. The molecule has 1 fully saturated rings. The molecule has 0 N–H and O–H groups in total. The van der Waals surface area contributed by atoms with Crippen LogP contribution in [0.3, 0.4) is 0 Å². The molecule has 2 aliphatic heterocycles. The zero-order chi connectivity index (χ0) is 19.9. The summed E-state index contributed by atoms with van der Waals surface area (Å²) in [6.07, 6.45) is 1.96. The third kappa shape index (κ3) is 3.46. The molecule has 0 aromatic heterocycles. The molecular weight excluding hydrogens is 478 g/mol. The van der Waals surface area contributed by atoms with Crippen LogP contribution >= 0.6 is 0 Å². The van der Waals surface area contributed by atoms with Crippen molar-refractivity contribution in [1.29, 1.82) is 0 Å². The molecule has 0 bridgehead atoms. The van der Waals surface area contributed by atoms with E-state index in [1.165, 1.54) is 23.5 Å². The molecule has 0 spiro atoms. The molecule has 0 atom stereocenters. The zero-order valence-corrected chi connectivity index (χ0v) is 19.3. The number of hydrogen-bond donors (Lipinski definition) is 0. The average Bonchev–Trinajstić information content (AvgIpc) is 2.91. The number of fused-ring (bicyclic) bond motifs is 1. The van der Waals surface area contributed by atoms with Gasteiger partial charge in [-0.3, -0.25) is 0 Å². The number of rotatable bonds is 3. The number of amides is 2. The van der Waals surface area contributed by atoms with Crippen LogP contribution in [0.25, 0.3) is 0 Å². The number of likely N-dealkylation sites (N-methyl/N-ethyl adjacent to an activating group) is 2. The molecule has 144 valence electrons. The third-order valence-corrected chi connectivity index (χ3v) is 9.52. The Morgan fingerprint density at radius 1 is 1.15 bits per heavy atom. The van der Waals surface area contributed by atoms with Crippen LogP contribution in [0.15, 0.2) is 39.2 Å². The third-order valence-electron chi connectivity index (χ3n) is 4.59. The molecule has 1 aromatic carbocycles. The van der Waals surface area contributed by atoms with E-state index in [-0.39, 0.29) is 5.57 Å². The quantitative estimate of drug-likeness (QED) is 0.356. The van der Waals surface area contributed by atoms with Gasteiger partial charge < -0.3 is 0 Å². The molecule has 0 radical (unpaired) electrons. The Kier molecular flexibility index (Phi) is 5.80. The van der Waals surface area contributed by atoms with Crippen LogP contribution in [-0.4, -0.2) is 65.7 Å². The number of carbonyl (C=O) groups is 2. The number of benzene rings is 1. The molecular formula is C19H23N3O3STe. The SMILES string of the molecule is CCN1C(=O)C(=C(C)C=C2[Te]c3ccc(C)cc3N2C)C(=O)N(CC)S1=O. The van der Waals surface area contributed by atoms with E-state index in [2.05, 4.69) is 30.0 Å². The van der Waals surface area contributed by atoms with Gasteiger partial charge >= 0.3 is 173 Å². The Balaban J connectivity index is 2.02. The van der Waals surface area contributed by atoms with E-state index in [1.54, 1.807) is 20.8 Å². The topological polar surface area (TPSA) is 60.9 Å². The van der Waals surface area contributed by atoms with Crippen LogP contribution in [-0.2, 0) is 20.8 Å². The second-order valence-electron chi connectivity index (χ2n) is 6.40. The Morgan fingerprint density at radius 3 is 2.30 bits per heavy atom. The number of allylic oxidation sites excluding steroid dienone is 2. The first kappa shape index (κ1) is 20.1. The van der Waals surface area contributed by atoms with Crippen molar-refractivity contribution in [2.24, 2.45) is 0 Å². The predicted molar refractivity (Wildman–Crippen MR) is 109 cm³/mol. The van der Waals surface area contributed by atoms with Crippen LogP contribution in [0.4, 0.5) is 5.69 Å². The van der Waals surface area contributed by atoms with Crippen molar-refractivity contribution in [2.45, 2.75) is 27.7 Å². The Morgan fingerprint density at radius 2 is 1.74 bits per heavy atom. The summed E-state index contributed by atoms with van der Waals surface area (Å²) in [5, 5.41) is 0. The maximum atomic E-state index is 12.8. The van der Waals surface area contributed by atoms with E-state index >= 15 is 0 Å². The number of nitrogens with zero attached hydrogens (tertiary/aromatic N) is 3. The number of hydrogen-bond acceptors (Lipinski definition) is 4. The van der Waals surface area contributed by atoms with Gasteiger partial charge in [-0.25, -0.2) is 0 Å². The number of anilines is 1. The molecule has 0 unspecified atom stereocenters. The molecule has 2 aliphatic rings. The monoisotopic (exact) mass is 503 g/mol. The van der Waals surface area contributed by atoms with Gasteiger partial charge in [0.1, 0.15) is 0 Å². The van der Waals surface area contributed by atoms with Gasteiger partial charge in [-0.2, -0.15) is 0 Å². The van der Waals surface area contributed by atoms with Gasteiger partial charge in [0.2, 0.25) is 0 Å². The van der Waals surface area contributed by atoms with E-state index in [1.807, 2.05) is 13.1 Å². The van der Waals surface area contributed by atoms with E-state index in [9.17, 15) is 13.8 Å². The first-order chi connectivity index (χ1) is 12.8. The number of aryl methyl sites for hydroxylation is 1. The minimum absolute atomic E-state index is 0.124. The molecule has 2 amide bonds. The molecule has 6 nitrogen and oxygen atoms in total. The van der Waals surface area contributed by atoms with Gasteiger partial charge in [-0.15, -0.1) is 0 Å². The molecule has 0 saturated carbocycles. The van der Waals surface area contributed by atoms with Crippen LogP contribution in [0.2, 0.25) is 0 Å². The number of carbonyl (C=O) groups excluding carboxylic acids is 2. The predicted octanol–water partition coefficient (Wildman–Crippen LogP) is 1.22. The van der Waals surface area contributed by atoms with Crippen molar-refractivity contribution in [3.05, 3.63) is 44.7 Å². The molecule has 1 aromatic rings. The van der Waals surface area contributed by atoms with E-state index in [0.29, 0.717) is 18.7 Å². The average molecular weight is 501 g/mol. The first-order valence-corrected chi connectivity index (χ1v) is 12.2. The molecule has 8 heteroatoms. The summed E-state index contributed by atoms with van der Waals surface area (Å²) < 4.78 is 17.4. The summed E-state index contributed by atoms with van der Waals surface area (Å²) in [5.41, 5.74) is 3.17. The molecule has 3 rings (SSSR count). The van der Waals surface area contributed by atoms with Crippen molar-refractivity contribution in [2.75, 3.05) is 25.0 Å². The van der Waals surface area contributed by atoms with E-state index in [0.717, 1.165) is 3.74 Å². The van der Waals surface area contributed by atoms with Crippen LogP contribution in [0.5, 0.6) is 0 Å². The summed E-state index contributed by atoms with van der Waals surface area (Å²) in [6.45, 7) is 7.98. The van der Waals surface area contributed by atoms with Gasteiger partial charge in [0, 0.05) is 0 Å².